The van der Waals surface area contributed by atoms with Crippen LogP contribution < -0.4 is 4.74 Å². The van der Waals surface area contributed by atoms with E-state index in [4.69, 9.17) is 9.84 Å². The fourth-order valence-electron chi connectivity index (χ4n) is 2.21. The van der Waals surface area contributed by atoms with E-state index >= 15 is 0 Å². The van der Waals surface area contributed by atoms with Crippen LogP contribution >= 0.6 is 0 Å². The zero-order valence-corrected chi connectivity index (χ0v) is 12.5. The van der Waals surface area contributed by atoms with E-state index in [1.165, 1.54) is 6.07 Å². The predicted octanol–water partition coefficient (Wildman–Crippen LogP) is 0.884. The fourth-order valence-corrected chi connectivity index (χ4v) is 3.49. The van der Waals surface area contributed by atoms with Gasteiger partial charge in [0.1, 0.15) is 11.3 Å². The van der Waals surface area contributed by atoms with Crippen molar-refractivity contribution in [3.63, 3.8) is 0 Å². The maximum absolute atomic E-state index is 11.3. The molecule has 0 amide bonds. The highest BCUT2D eigenvalue weighted by atomic mass is 32.2. The molecule has 7 heteroatoms. The highest BCUT2D eigenvalue weighted by Crippen LogP contribution is 2.18. The molecule has 0 saturated carbocycles. The summed E-state index contributed by atoms with van der Waals surface area (Å²) in [5, 5.41) is 9.03. The van der Waals surface area contributed by atoms with E-state index in [2.05, 4.69) is 4.90 Å². The molecule has 1 saturated heterocycles. The molecule has 116 valence electrons. The van der Waals surface area contributed by atoms with Crippen molar-refractivity contribution in [3.05, 3.63) is 29.8 Å². The van der Waals surface area contributed by atoms with Gasteiger partial charge in [-0.15, -0.1) is 0 Å². The Morgan fingerprint density at radius 3 is 2.57 bits per heavy atom. The van der Waals surface area contributed by atoms with Gasteiger partial charge in [0.15, 0.2) is 9.84 Å². The van der Waals surface area contributed by atoms with E-state index in [0.717, 1.165) is 13.0 Å². The largest absolute Gasteiger partial charge is 0.493 e. The lowest BCUT2D eigenvalue weighted by Gasteiger charge is -2.26. The number of benzene rings is 1. The molecule has 1 heterocycles. The summed E-state index contributed by atoms with van der Waals surface area (Å²) in [6.07, 6.45) is 0.730. The Morgan fingerprint density at radius 1 is 1.24 bits per heavy atom. The number of sulfone groups is 1. The predicted molar refractivity (Wildman–Crippen MR) is 78.6 cm³/mol. The number of aromatic carboxylic acids is 1. The van der Waals surface area contributed by atoms with Gasteiger partial charge in [-0.1, -0.05) is 12.1 Å². The Kier molecular flexibility index (Phi) is 5.19. The summed E-state index contributed by atoms with van der Waals surface area (Å²) in [6.45, 7) is 2.29. The van der Waals surface area contributed by atoms with Crippen LogP contribution in [0.25, 0.3) is 0 Å². The van der Waals surface area contributed by atoms with Crippen molar-refractivity contribution < 1.29 is 23.1 Å². The van der Waals surface area contributed by atoms with Crippen LogP contribution in [0.15, 0.2) is 24.3 Å². The molecular weight excluding hydrogens is 294 g/mol. The molecule has 0 radical (unpaired) electrons. The van der Waals surface area contributed by atoms with Crippen molar-refractivity contribution in [3.8, 4) is 5.75 Å². The number of carbonyl (C=O) groups is 1. The zero-order valence-electron chi connectivity index (χ0n) is 11.7. The number of hydrogen-bond donors (Lipinski definition) is 1. The number of carboxylic acid groups (broad SMARTS) is 1. The first-order chi connectivity index (χ1) is 9.98. The van der Waals surface area contributed by atoms with E-state index in [9.17, 15) is 13.2 Å². The van der Waals surface area contributed by atoms with E-state index < -0.39 is 15.8 Å². The Morgan fingerprint density at radius 2 is 1.90 bits per heavy atom. The molecule has 1 fully saturated rings. The Labute approximate surface area is 124 Å². The summed E-state index contributed by atoms with van der Waals surface area (Å²) in [5.74, 6) is -0.205. The van der Waals surface area contributed by atoms with Crippen LogP contribution in [-0.4, -0.2) is 62.1 Å². The number of rotatable bonds is 6. The smallest absolute Gasteiger partial charge is 0.339 e. The van der Waals surface area contributed by atoms with Crippen molar-refractivity contribution in [2.24, 2.45) is 0 Å². The quantitative estimate of drug-likeness (QED) is 0.785. The Balaban J connectivity index is 1.74. The number of ether oxygens (including phenoxy) is 1. The number of nitrogens with zero attached hydrogens (tertiary/aromatic N) is 1. The van der Waals surface area contributed by atoms with Crippen LogP contribution in [0.1, 0.15) is 16.8 Å². The third-order valence-corrected chi connectivity index (χ3v) is 5.04. The molecule has 0 aliphatic carbocycles. The van der Waals surface area contributed by atoms with Gasteiger partial charge < -0.3 is 14.7 Å². The molecule has 1 aliphatic rings. The van der Waals surface area contributed by atoms with Crippen molar-refractivity contribution in [1.82, 2.24) is 4.90 Å². The van der Waals surface area contributed by atoms with Crippen LogP contribution in [0, 0.1) is 0 Å². The van der Waals surface area contributed by atoms with E-state index in [-0.39, 0.29) is 17.1 Å². The molecule has 0 aromatic heterocycles. The van der Waals surface area contributed by atoms with Crippen molar-refractivity contribution in [2.75, 3.05) is 37.7 Å². The maximum Gasteiger partial charge on any atom is 0.339 e. The van der Waals surface area contributed by atoms with Crippen molar-refractivity contribution in [1.29, 1.82) is 0 Å². The third-order valence-electron chi connectivity index (χ3n) is 3.43. The minimum absolute atomic E-state index is 0.154. The normalized spacial score (nSPS) is 18.3. The molecule has 1 N–H and O–H groups in total. The monoisotopic (exact) mass is 313 g/mol. The van der Waals surface area contributed by atoms with Gasteiger partial charge in [-0.3, -0.25) is 0 Å². The summed E-state index contributed by atoms with van der Waals surface area (Å²) in [7, 11) is -2.84. The highest BCUT2D eigenvalue weighted by molar-refractivity contribution is 7.91. The standard InChI is InChI=1S/C14H19NO5S/c16-14(17)12-4-1-2-5-13(12)20-9-3-6-15-7-10-21(18,19)11-8-15/h1-2,4-5H,3,6-11H2,(H,16,17). The first-order valence-electron chi connectivity index (χ1n) is 6.86. The summed E-state index contributed by atoms with van der Waals surface area (Å²) in [5.41, 5.74) is 0.154. The molecule has 6 nitrogen and oxygen atoms in total. The second kappa shape index (κ2) is 6.91. The van der Waals surface area contributed by atoms with E-state index in [1.807, 2.05) is 0 Å². The molecule has 0 atom stereocenters. The summed E-state index contributed by atoms with van der Waals surface area (Å²) >= 11 is 0. The molecule has 1 aromatic carbocycles. The lowest BCUT2D eigenvalue weighted by atomic mass is 10.2. The lowest BCUT2D eigenvalue weighted by Crippen LogP contribution is -2.40. The average Bonchev–Trinajstić information content (AvgIpc) is 2.45. The molecule has 0 bridgehead atoms. The summed E-state index contributed by atoms with van der Waals surface area (Å²) < 4.78 is 28.1. The van der Waals surface area contributed by atoms with Crippen LogP contribution in [0.2, 0.25) is 0 Å². The highest BCUT2D eigenvalue weighted by Gasteiger charge is 2.20. The average molecular weight is 313 g/mol. The Hall–Kier alpha value is -1.60. The summed E-state index contributed by atoms with van der Waals surface area (Å²) in [6, 6.07) is 6.53. The van der Waals surface area contributed by atoms with E-state index in [1.54, 1.807) is 18.2 Å². The van der Waals surface area contributed by atoms with Crippen LogP contribution in [0.3, 0.4) is 0 Å². The molecular formula is C14H19NO5S. The van der Waals surface area contributed by atoms with Gasteiger partial charge in [0.05, 0.1) is 18.1 Å². The first kappa shape index (κ1) is 15.8. The molecule has 2 rings (SSSR count). The zero-order chi connectivity index (χ0) is 15.3. The van der Waals surface area contributed by atoms with Gasteiger partial charge in [0, 0.05) is 19.6 Å². The van der Waals surface area contributed by atoms with Crippen LogP contribution in [-0.2, 0) is 9.84 Å². The number of para-hydroxylation sites is 1. The second-order valence-electron chi connectivity index (χ2n) is 5.00. The van der Waals surface area contributed by atoms with Crippen LogP contribution in [0.4, 0.5) is 0 Å². The molecule has 1 aliphatic heterocycles. The van der Waals surface area contributed by atoms with Gasteiger partial charge in [-0.05, 0) is 18.6 Å². The van der Waals surface area contributed by atoms with Crippen molar-refractivity contribution >= 4 is 15.8 Å². The van der Waals surface area contributed by atoms with Crippen LogP contribution in [0.5, 0.6) is 5.75 Å². The SMILES string of the molecule is O=C(O)c1ccccc1OCCCN1CCS(=O)(=O)CC1. The fraction of sp³-hybridized carbons (Fsp3) is 0.500. The van der Waals surface area contributed by atoms with Gasteiger partial charge in [0.2, 0.25) is 0 Å². The molecule has 21 heavy (non-hydrogen) atoms. The van der Waals surface area contributed by atoms with Gasteiger partial charge in [0.25, 0.3) is 0 Å². The second-order valence-corrected chi connectivity index (χ2v) is 7.30. The van der Waals surface area contributed by atoms with Gasteiger partial charge >= 0.3 is 5.97 Å². The first-order valence-corrected chi connectivity index (χ1v) is 8.68. The third kappa shape index (κ3) is 4.71. The molecule has 1 aromatic rings. The van der Waals surface area contributed by atoms with Gasteiger partial charge in [-0.2, -0.15) is 0 Å². The van der Waals surface area contributed by atoms with E-state index in [0.29, 0.717) is 25.4 Å². The number of hydrogen-bond acceptors (Lipinski definition) is 5. The lowest BCUT2D eigenvalue weighted by molar-refractivity contribution is 0.0692. The molecule has 0 unspecified atom stereocenters. The Bertz CT molecular complexity index is 585. The molecule has 0 spiro atoms. The van der Waals surface area contributed by atoms with Crippen molar-refractivity contribution in [2.45, 2.75) is 6.42 Å². The summed E-state index contributed by atoms with van der Waals surface area (Å²) in [4.78, 5) is 13.1. The minimum Gasteiger partial charge on any atom is -0.493 e. The minimum atomic E-state index is -2.84. The topological polar surface area (TPSA) is 83.9 Å². The van der Waals surface area contributed by atoms with Gasteiger partial charge in [-0.25, -0.2) is 13.2 Å². The maximum atomic E-state index is 11.3. The number of carboxylic acids is 1.